The Hall–Kier alpha value is -5.28. The third kappa shape index (κ3) is 16.3. The van der Waals surface area contributed by atoms with Gasteiger partial charge in [0.05, 0.1) is 25.6 Å². The van der Waals surface area contributed by atoms with Gasteiger partial charge in [0.15, 0.2) is 26.8 Å². The third-order valence-corrected chi connectivity index (χ3v) is 8.82. The van der Waals surface area contributed by atoms with Gasteiger partial charge in [0.25, 0.3) is 0 Å². The number of aliphatic hydroxyl groups excluding tert-OH is 1. The monoisotopic (exact) mass is 744 g/mol. The molecule has 4 aromatic carbocycles. The first-order valence-corrected chi connectivity index (χ1v) is 18.7. The van der Waals surface area contributed by atoms with Gasteiger partial charge in [-0.2, -0.15) is 0 Å². The van der Waals surface area contributed by atoms with Crippen molar-refractivity contribution in [2.45, 2.75) is 71.3 Å². The summed E-state index contributed by atoms with van der Waals surface area (Å²) in [6, 6.07) is 36.6. The normalized spacial score (nSPS) is 12.7. The first-order chi connectivity index (χ1) is 26.7. The van der Waals surface area contributed by atoms with Crippen molar-refractivity contribution in [3.8, 4) is 22.3 Å². The van der Waals surface area contributed by atoms with Gasteiger partial charge in [-0.05, 0) is 84.7 Å². The second-order valence-electron chi connectivity index (χ2n) is 13.1. The second kappa shape index (κ2) is 24.9. The molecule has 0 aliphatic heterocycles. The summed E-state index contributed by atoms with van der Waals surface area (Å²) < 4.78 is 15.1. The average molecular weight is 744 g/mol. The Bertz CT molecular complexity index is 1730. The minimum absolute atomic E-state index is 0.0119. The molecule has 2 radical (unpaired) electrons. The van der Waals surface area contributed by atoms with Crippen LogP contribution in [0.15, 0.2) is 109 Å². The van der Waals surface area contributed by atoms with E-state index in [0.717, 1.165) is 45.8 Å². The molecule has 0 fully saturated rings. The van der Waals surface area contributed by atoms with Crippen LogP contribution in [0.2, 0.25) is 12.6 Å². The van der Waals surface area contributed by atoms with Crippen LogP contribution in [0.3, 0.4) is 0 Å². The van der Waals surface area contributed by atoms with Crippen molar-refractivity contribution >= 4 is 44.8 Å². The Kier molecular flexibility index (Phi) is 20.0. The Balaban J connectivity index is 0.000000297. The van der Waals surface area contributed by atoms with Crippen LogP contribution in [-0.2, 0) is 51.0 Å². The van der Waals surface area contributed by atoms with Gasteiger partial charge in [0, 0.05) is 6.92 Å². The van der Waals surface area contributed by atoms with Crippen molar-refractivity contribution in [1.82, 2.24) is 0 Å². The number of ether oxygens (including phenoxy) is 3. The maximum absolute atomic E-state index is 12.2. The molecular weight excluding hydrogens is 694 g/mol. The highest BCUT2D eigenvalue weighted by atomic mass is 16.6. The molecule has 2 unspecified atom stereocenters. The summed E-state index contributed by atoms with van der Waals surface area (Å²) in [5.41, 5.74) is 6.74. The van der Waals surface area contributed by atoms with Gasteiger partial charge in [0.2, 0.25) is 0 Å². The number of hydrogen-bond donors (Lipinski definition) is 1. The molecule has 0 heterocycles. The maximum Gasteiger partial charge on any atom is 0.347 e. The molecule has 4 rings (SSSR count). The summed E-state index contributed by atoms with van der Waals surface area (Å²) in [6.45, 7) is 5.12. The molecule has 9 nitrogen and oxygen atoms in total. The lowest BCUT2D eigenvalue weighted by Crippen LogP contribution is -2.31. The fourth-order valence-electron chi connectivity index (χ4n) is 6.20. The van der Waals surface area contributed by atoms with Gasteiger partial charge in [-0.25, -0.2) is 9.59 Å². The van der Waals surface area contributed by atoms with Gasteiger partial charge in [-0.15, -0.1) is 0 Å². The van der Waals surface area contributed by atoms with Gasteiger partial charge in [-0.3, -0.25) is 4.79 Å². The zero-order valence-corrected chi connectivity index (χ0v) is 31.9. The van der Waals surface area contributed by atoms with Gasteiger partial charge in [0.1, 0.15) is 0 Å². The van der Waals surface area contributed by atoms with E-state index in [9.17, 15) is 29.1 Å². The fraction of sp³-hybridized carbons (Fsp3) is 0.341. The van der Waals surface area contributed by atoms with E-state index in [1.165, 1.54) is 21.5 Å². The zero-order valence-electron chi connectivity index (χ0n) is 31.9. The largest absolute Gasteiger partial charge is 0.464 e. The standard InChI is InChI=1S/C23H26BO5.C21H24BO4/c1-3-28-23(27)22(29-17(2)26)14-19(15-24-16-25)13-18-9-11-21(12-10-18)20-7-5-4-6-8-20;1-2-26-21(25)20(24)13-17(14-22-15-23)12-16-8-10-19(11-9-16)18-6-4-3-5-7-18/h4-12,16,19,22H,3,13-15H2,1-2H3;3-11,15,17,20,24H,2,12-14H2,1H3/t19-,22?;17-,20?/m11/s1. The molecule has 0 saturated heterocycles. The number of aliphatic hydroxyl groups is 1. The minimum Gasteiger partial charge on any atom is -0.464 e. The lowest BCUT2D eigenvalue weighted by molar-refractivity contribution is -0.167. The van der Waals surface area contributed by atoms with E-state index in [2.05, 4.69) is 48.5 Å². The number of rotatable bonds is 21. The van der Waals surface area contributed by atoms with E-state index in [1.807, 2.05) is 60.7 Å². The highest BCUT2D eigenvalue weighted by Crippen LogP contribution is 2.25. The minimum atomic E-state index is -1.16. The van der Waals surface area contributed by atoms with Crippen molar-refractivity contribution in [2.75, 3.05) is 13.2 Å². The summed E-state index contributed by atoms with van der Waals surface area (Å²) in [7, 11) is 3.06. The predicted molar refractivity (Wildman–Crippen MR) is 217 cm³/mol. The number of carbonyl (C=O) groups is 5. The van der Waals surface area contributed by atoms with Gasteiger partial charge >= 0.3 is 17.9 Å². The number of carbonyl (C=O) groups excluding carboxylic acids is 5. The molecule has 0 aliphatic carbocycles. The zero-order chi connectivity index (χ0) is 39.8. The molecule has 0 aromatic heterocycles. The molecular formula is C44H50B2O9. The topological polar surface area (TPSA) is 133 Å². The second-order valence-corrected chi connectivity index (χ2v) is 13.1. The Morgan fingerprint density at radius 1 is 0.600 bits per heavy atom. The quantitative estimate of drug-likeness (QED) is 0.0421. The molecule has 4 atom stereocenters. The van der Waals surface area contributed by atoms with E-state index in [0.29, 0.717) is 31.9 Å². The maximum atomic E-state index is 12.2. The van der Waals surface area contributed by atoms with E-state index in [1.54, 1.807) is 13.8 Å². The van der Waals surface area contributed by atoms with Crippen molar-refractivity contribution < 1.29 is 43.3 Å². The van der Waals surface area contributed by atoms with Crippen LogP contribution in [-0.4, -0.2) is 75.4 Å². The summed E-state index contributed by atoms with van der Waals surface area (Å²) in [6.07, 6.45) is 2.25. The van der Waals surface area contributed by atoms with Crippen LogP contribution in [0.25, 0.3) is 22.3 Å². The fourth-order valence-corrected chi connectivity index (χ4v) is 6.20. The average Bonchev–Trinajstić information content (AvgIpc) is 3.20. The number of hydrogen-bond acceptors (Lipinski definition) is 9. The molecule has 55 heavy (non-hydrogen) atoms. The van der Waals surface area contributed by atoms with Crippen LogP contribution in [0.5, 0.6) is 0 Å². The lowest BCUT2D eigenvalue weighted by Gasteiger charge is -2.22. The molecule has 11 heteroatoms. The van der Waals surface area contributed by atoms with Gasteiger partial charge in [-0.1, -0.05) is 122 Å². The van der Waals surface area contributed by atoms with Crippen LogP contribution < -0.4 is 0 Å². The van der Waals surface area contributed by atoms with E-state index < -0.39 is 30.1 Å². The van der Waals surface area contributed by atoms with Crippen molar-refractivity contribution in [3.63, 3.8) is 0 Å². The summed E-state index contributed by atoms with van der Waals surface area (Å²) >= 11 is 0. The molecule has 1 N–H and O–H groups in total. The molecule has 4 aromatic rings. The van der Waals surface area contributed by atoms with Crippen molar-refractivity contribution in [1.29, 1.82) is 0 Å². The van der Waals surface area contributed by atoms with E-state index >= 15 is 0 Å². The molecule has 0 amide bonds. The van der Waals surface area contributed by atoms with Crippen LogP contribution in [0.1, 0.15) is 44.7 Å². The molecule has 0 saturated carbocycles. The van der Waals surface area contributed by atoms with E-state index in [-0.39, 0.29) is 31.5 Å². The Morgan fingerprint density at radius 2 is 1.00 bits per heavy atom. The molecule has 0 spiro atoms. The Labute approximate surface area is 326 Å². The summed E-state index contributed by atoms with van der Waals surface area (Å²) in [5.74, 6) is -1.76. The smallest absolute Gasteiger partial charge is 0.347 e. The first-order valence-electron chi connectivity index (χ1n) is 18.7. The molecule has 0 aliphatic rings. The molecule has 286 valence electrons. The van der Waals surface area contributed by atoms with Crippen LogP contribution in [0, 0.1) is 11.8 Å². The lowest BCUT2D eigenvalue weighted by atomic mass is 9.69. The van der Waals surface area contributed by atoms with Crippen molar-refractivity contribution in [2.24, 2.45) is 11.8 Å². The van der Waals surface area contributed by atoms with Crippen LogP contribution in [0.4, 0.5) is 0 Å². The van der Waals surface area contributed by atoms with Crippen LogP contribution >= 0.6 is 0 Å². The van der Waals surface area contributed by atoms with Gasteiger partial charge < -0.3 is 28.9 Å². The van der Waals surface area contributed by atoms with Crippen molar-refractivity contribution in [3.05, 3.63) is 120 Å². The third-order valence-electron chi connectivity index (χ3n) is 8.82. The molecule has 0 bridgehead atoms. The highest BCUT2D eigenvalue weighted by Gasteiger charge is 2.27. The Morgan fingerprint density at radius 3 is 1.40 bits per heavy atom. The predicted octanol–water partition coefficient (Wildman–Crippen LogP) is 6.85. The highest BCUT2D eigenvalue weighted by molar-refractivity contribution is 6.67. The number of benzene rings is 4. The number of esters is 3. The van der Waals surface area contributed by atoms with E-state index in [4.69, 9.17) is 14.2 Å². The summed E-state index contributed by atoms with van der Waals surface area (Å²) in [4.78, 5) is 56.7. The SMILES string of the molecule is CCOC(=O)C(C[C@H](C[B]C=O)Cc1ccc(-c2ccccc2)cc1)OC(C)=O.CCOC(=O)C(O)C[C@H](C[B]C=O)Cc1ccc(-c2ccccc2)cc1. The summed E-state index contributed by atoms with van der Waals surface area (Å²) in [5, 5.41) is 10.0. The first kappa shape index (κ1) is 44.1.